The number of carboxylic acid groups (broad SMARTS) is 1. The van der Waals surface area contributed by atoms with Gasteiger partial charge in [-0.25, -0.2) is 4.79 Å². The van der Waals surface area contributed by atoms with Gasteiger partial charge in [0.1, 0.15) is 6.04 Å². The van der Waals surface area contributed by atoms with Crippen LogP contribution in [0.15, 0.2) is 17.5 Å². The number of amides is 1. The first-order valence-electron chi connectivity index (χ1n) is 4.22. The van der Waals surface area contributed by atoms with Gasteiger partial charge < -0.3 is 10.4 Å². The monoisotopic (exact) mass is 213 g/mol. The quantitative estimate of drug-likeness (QED) is 0.793. The smallest absolute Gasteiger partial charge is 0.326 e. The fraction of sp³-hybridized carbons (Fsp3) is 0.333. The Morgan fingerprint density at radius 3 is 2.79 bits per heavy atom. The maximum atomic E-state index is 11.4. The Balaban J connectivity index is 2.60. The predicted molar refractivity (Wildman–Crippen MR) is 53.5 cm³/mol. The summed E-state index contributed by atoms with van der Waals surface area (Å²) in [5.74, 6) is -1.33. The molecule has 76 valence electrons. The average Bonchev–Trinajstić information content (AvgIpc) is 2.65. The molecule has 0 radical (unpaired) electrons. The van der Waals surface area contributed by atoms with Gasteiger partial charge in [0.15, 0.2) is 0 Å². The topological polar surface area (TPSA) is 66.4 Å². The van der Waals surface area contributed by atoms with Crippen molar-refractivity contribution in [3.8, 4) is 0 Å². The van der Waals surface area contributed by atoms with E-state index in [0.717, 1.165) is 0 Å². The van der Waals surface area contributed by atoms with Crippen molar-refractivity contribution in [1.29, 1.82) is 0 Å². The van der Waals surface area contributed by atoms with Crippen LogP contribution in [0, 0.1) is 0 Å². The SMILES string of the molecule is CC[C@@H](NC(=O)c1cccs1)C(=O)O. The molecule has 4 nitrogen and oxygen atoms in total. The third-order valence-electron chi connectivity index (χ3n) is 1.76. The van der Waals surface area contributed by atoms with Crippen molar-refractivity contribution >= 4 is 23.2 Å². The van der Waals surface area contributed by atoms with Crippen molar-refractivity contribution in [1.82, 2.24) is 5.32 Å². The van der Waals surface area contributed by atoms with E-state index in [9.17, 15) is 9.59 Å². The lowest BCUT2D eigenvalue weighted by molar-refractivity contribution is -0.139. The van der Waals surface area contributed by atoms with Crippen LogP contribution >= 0.6 is 11.3 Å². The zero-order valence-corrected chi connectivity index (χ0v) is 8.50. The summed E-state index contributed by atoms with van der Waals surface area (Å²) in [5, 5.41) is 12.9. The molecule has 0 aromatic carbocycles. The van der Waals surface area contributed by atoms with E-state index in [4.69, 9.17) is 5.11 Å². The van der Waals surface area contributed by atoms with Crippen LogP contribution in [-0.2, 0) is 4.79 Å². The third-order valence-corrected chi connectivity index (χ3v) is 2.63. The summed E-state index contributed by atoms with van der Waals surface area (Å²) in [5.41, 5.74) is 0. The first kappa shape index (κ1) is 10.7. The highest BCUT2D eigenvalue weighted by atomic mass is 32.1. The number of rotatable bonds is 4. The highest BCUT2D eigenvalue weighted by Gasteiger charge is 2.18. The molecule has 5 heteroatoms. The number of carbonyl (C=O) groups is 2. The van der Waals surface area contributed by atoms with Gasteiger partial charge in [0, 0.05) is 0 Å². The Hall–Kier alpha value is -1.36. The van der Waals surface area contributed by atoms with E-state index in [1.807, 2.05) is 0 Å². The van der Waals surface area contributed by atoms with E-state index < -0.39 is 12.0 Å². The number of hydrogen-bond acceptors (Lipinski definition) is 3. The molecule has 0 fully saturated rings. The summed E-state index contributed by atoms with van der Waals surface area (Å²) in [6.45, 7) is 1.72. The molecule has 1 aromatic rings. The molecule has 1 amide bonds. The van der Waals surface area contributed by atoms with Crippen LogP contribution in [0.4, 0.5) is 0 Å². The number of carbonyl (C=O) groups excluding carboxylic acids is 1. The van der Waals surface area contributed by atoms with Crippen molar-refractivity contribution in [2.75, 3.05) is 0 Å². The number of thiophene rings is 1. The first-order valence-corrected chi connectivity index (χ1v) is 5.10. The average molecular weight is 213 g/mol. The normalized spacial score (nSPS) is 12.1. The van der Waals surface area contributed by atoms with Gasteiger partial charge in [0.2, 0.25) is 0 Å². The largest absolute Gasteiger partial charge is 0.480 e. The maximum Gasteiger partial charge on any atom is 0.326 e. The molecule has 0 unspecified atom stereocenters. The van der Waals surface area contributed by atoms with Crippen LogP contribution in [0.1, 0.15) is 23.0 Å². The fourth-order valence-electron chi connectivity index (χ4n) is 0.976. The standard InChI is InChI=1S/C9H11NO3S/c1-2-6(9(12)13)10-8(11)7-4-3-5-14-7/h3-6H,2H2,1H3,(H,10,11)(H,12,13)/t6-/m1/s1. The lowest BCUT2D eigenvalue weighted by Crippen LogP contribution is -2.39. The second kappa shape index (κ2) is 4.76. The highest BCUT2D eigenvalue weighted by molar-refractivity contribution is 7.12. The Morgan fingerprint density at radius 2 is 2.36 bits per heavy atom. The predicted octanol–water partition coefficient (Wildman–Crippen LogP) is 1.34. The van der Waals surface area contributed by atoms with Crippen LogP contribution in [0.5, 0.6) is 0 Å². The van der Waals surface area contributed by atoms with Gasteiger partial charge in [-0.3, -0.25) is 4.79 Å². The van der Waals surface area contributed by atoms with E-state index in [0.29, 0.717) is 11.3 Å². The maximum absolute atomic E-state index is 11.4. The molecule has 2 N–H and O–H groups in total. The van der Waals surface area contributed by atoms with Crippen molar-refractivity contribution in [3.05, 3.63) is 22.4 Å². The molecule has 0 spiro atoms. The van der Waals surface area contributed by atoms with E-state index in [1.54, 1.807) is 24.4 Å². The first-order chi connectivity index (χ1) is 6.65. The second-order valence-corrected chi connectivity index (χ2v) is 3.70. The lowest BCUT2D eigenvalue weighted by atomic mass is 10.2. The molecule has 0 aliphatic carbocycles. The third kappa shape index (κ3) is 2.56. The molecule has 0 saturated carbocycles. The molecule has 1 aromatic heterocycles. The van der Waals surface area contributed by atoms with Gasteiger partial charge in [-0.2, -0.15) is 0 Å². The minimum absolute atomic E-state index is 0.325. The Labute approximate surface area is 85.6 Å². The second-order valence-electron chi connectivity index (χ2n) is 2.75. The van der Waals surface area contributed by atoms with Gasteiger partial charge >= 0.3 is 5.97 Å². The van der Waals surface area contributed by atoms with Crippen LogP contribution in [0.3, 0.4) is 0 Å². The number of hydrogen-bond donors (Lipinski definition) is 2. The van der Waals surface area contributed by atoms with Gasteiger partial charge in [-0.1, -0.05) is 13.0 Å². The summed E-state index contributed by atoms with van der Waals surface area (Å²) in [4.78, 5) is 22.6. The van der Waals surface area contributed by atoms with Crippen molar-refractivity contribution in [3.63, 3.8) is 0 Å². The van der Waals surface area contributed by atoms with E-state index in [1.165, 1.54) is 11.3 Å². The van der Waals surface area contributed by atoms with Gasteiger partial charge in [-0.05, 0) is 17.9 Å². The van der Waals surface area contributed by atoms with Crippen LogP contribution in [0.2, 0.25) is 0 Å². The molecule has 0 aliphatic heterocycles. The molecule has 0 aliphatic rings. The van der Waals surface area contributed by atoms with Gasteiger partial charge in [-0.15, -0.1) is 11.3 Å². The number of carboxylic acids is 1. The highest BCUT2D eigenvalue weighted by Crippen LogP contribution is 2.08. The lowest BCUT2D eigenvalue weighted by Gasteiger charge is -2.10. The summed E-state index contributed by atoms with van der Waals surface area (Å²) in [6.07, 6.45) is 0.381. The van der Waals surface area contributed by atoms with Crippen molar-refractivity contribution < 1.29 is 14.7 Å². The molecule has 1 atom stereocenters. The minimum atomic E-state index is -1.00. The molecule has 0 bridgehead atoms. The van der Waals surface area contributed by atoms with Crippen molar-refractivity contribution in [2.24, 2.45) is 0 Å². The fourth-order valence-corrected chi connectivity index (χ4v) is 1.60. The minimum Gasteiger partial charge on any atom is -0.480 e. The Bertz CT molecular complexity index is 321. The van der Waals surface area contributed by atoms with Gasteiger partial charge in [0.25, 0.3) is 5.91 Å². The van der Waals surface area contributed by atoms with E-state index in [2.05, 4.69) is 5.32 Å². The van der Waals surface area contributed by atoms with Crippen molar-refractivity contribution in [2.45, 2.75) is 19.4 Å². The van der Waals surface area contributed by atoms with Crippen LogP contribution in [0.25, 0.3) is 0 Å². The van der Waals surface area contributed by atoms with Crippen LogP contribution in [-0.4, -0.2) is 23.0 Å². The molecule has 1 heterocycles. The summed E-state index contributed by atoms with van der Waals surface area (Å²) >= 11 is 1.29. The van der Waals surface area contributed by atoms with Gasteiger partial charge in [0.05, 0.1) is 4.88 Å². The van der Waals surface area contributed by atoms with Crippen LogP contribution < -0.4 is 5.32 Å². The number of nitrogens with one attached hydrogen (secondary N) is 1. The van der Waals surface area contributed by atoms with E-state index in [-0.39, 0.29) is 5.91 Å². The molecular weight excluding hydrogens is 202 g/mol. The summed E-state index contributed by atoms with van der Waals surface area (Å²) in [7, 11) is 0. The zero-order chi connectivity index (χ0) is 10.6. The summed E-state index contributed by atoms with van der Waals surface area (Å²) in [6, 6.07) is 2.61. The zero-order valence-electron chi connectivity index (χ0n) is 7.69. The summed E-state index contributed by atoms with van der Waals surface area (Å²) < 4.78 is 0. The molecular formula is C9H11NO3S. The molecule has 0 saturated heterocycles. The Kier molecular flexibility index (Phi) is 3.64. The van der Waals surface area contributed by atoms with E-state index >= 15 is 0 Å². The molecule has 14 heavy (non-hydrogen) atoms. The molecule has 1 rings (SSSR count). The Morgan fingerprint density at radius 1 is 1.64 bits per heavy atom. The number of aliphatic carboxylic acids is 1.